The van der Waals surface area contributed by atoms with Crippen molar-refractivity contribution in [3.8, 4) is 0 Å². The van der Waals surface area contributed by atoms with E-state index in [0.717, 1.165) is 5.56 Å². The number of piperazine rings is 1. The van der Waals surface area contributed by atoms with Crippen molar-refractivity contribution in [3.63, 3.8) is 0 Å². The topological polar surface area (TPSA) is 32.3 Å². The molecule has 7 heteroatoms. The molecule has 1 aliphatic heterocycles. The van der Waals surface area contributed by atoms with Gasteiger partial charge in [0.1, 0.15) is 0 Å². The lowest BCUT2D eigenvalue weighted by Crippen LogP contribution is -2.48. The molecule has 1 amide bonds. The maximum absolute atomic E-state index is 12.3. The zero-order valence-electron chi connectivity index (χ0n) is 11.3. The van der Waals surface area contributed by atoms with Crippen LogP contribution in [0.25, 0.3) is 0 Å². The lowest BCUT2D eigenvalue weighted by Gasteiger charge is -2.37. The predicted molar refractivity (Wildman–Crippen MR) is 74.1 cm³/mol. The van der Waals surface area contributed by atoms with Crippen LogP contribution < -0.4 is 5.32 Å². The van der Waals surface area contributed by atoms with Crippen LogP contribution >= 0.6 is 11.6 Å². The number of hydrogen-bond donors (Lipinski definition) is 1. The number of hydrogen-bond acceptors (Lipinski definition) is 2. The molecule has 1 aromatic carbocycles. The third-order valence-corrected chi connectivity index (χ3v) is 3.79. The van der Waals surface area contributed by atoms with Crippen LogP contribution in [0.1, 0.15) is 24.4 Å². The summed E-state index contributed by atoms with van der Waals surface area (Å²) in [5, 5.41) is 3.66. The summed E-state index contributed by atoms with van der Waals surface area (Å²) in [6, 6.07) is 6.76. The van der Waals surface area contributed by atoms with Crippen molar-refractivity contribution in [1.29, 1.82) is 0 Å². The number of halogens is 4. The summed E-state index contributed by atoms with van der Waals surface area (Å²) in [4.78, 5) is 13.6. The second kappa shape index (κ2) is 6.66. The van der Waals surface area contributed by atoms with Crippen LogP contribution in [-0.2, 0) is 4.79 Å². The van der Waals surface area contributed by atoms with Gasteiger partial charge in [0, 0.05) is 31.1 Å². The first-order valence-corrected chi connectivity index (χ1v) is 7.07. The third kappa shape index (κ3) is 4.35. The van der Waals surface area contributed by atoms with E-state index in [1.54, 1.807) is 24.3 Å². The van der Waals surface area contributed by atoms with E-state index in [-0.39, 0.29) is 6.04 Å². The molecule has 0 bridgehead atoms. The van der Waals surface area contributed by atoms with Gasteiger partial charge in [0.05, 0.1) is 12.5 Å². The number of carbonyl (C=O) groups is 1. The lowest BCUT2D eigenvalue weighted by atomic mass is 10.0. The highest BCUT2D eigenvalue weighted by Gasteiger charge is 2.33. The molecule has 1 fully saturated rings. The van der Waals surface area contributed by atoms with Gasteiger partial charge in [0.2, 0.25) is 5.91 Å². The van der Waals surface area contributed by atoms with Gasteiger partial charge in [0.15, 0.2) is 0 Å². The summed E-state index contributed by atoms with van der Waals surface area (Å²) in [7, 11) is 0. The molecule has 1 unspecified atom stereocenters. The summed E-state index contributed by atoms with van der Waals surface area (Å²) in [6.07, 6.45) is -5.93. The molecule has 2 rings (SSSR count). The fourth-order valence-electron chi connectivity index (χ4n) is 2.42. The molecule has 1 aliphatic rings. The maximum atomic E-state index is 12.3. The van der Waals surface area contributed by atoms with Crippen molar-refractivity contribution < 1.29 is 18.0 Å². The Morgan fingerprint density at radius 1 is 1.38 bits per heavy atom. The number of rotatable bonds is 3. The molecule has 0 spiro atoms. The van der Waals surface area contributed by atoms with Crippen molar-refractivity contribution in [3.05, 3.63) is 34.9 Å². The molecular formula is C14H16ClF3N2O. The van der Waals surface area contributed by atoms with E-state index in [9.17, 15) is 18.0 Å². The van der Waals surface area contributed by atoms with Crippen LogP contribution in [0.4, 0.5) is 13.2 Å². The minimum Gasteiger partial charge on any atom is -0.333 e. The monoisotopic (exact) mass is 320 g/mol. The summed E-state index contributed by atoms with van der Waals surface area (Å²) in [5.74, 6) is -0.487. The van der Waals surface area contributed by atoms with Crippen LogP contribution in [-0.4, -0.2) is 36.6 Å². The van der Waals surface area contributed by atoms with Gasteiger partial charge < -0.3 is 10.2 Å². The average molecular weight is 321 g/mol. The first kappa shape index (κ1) is 16.1. The zero-order chi connectivity index (χ0) is 15.5. The van der Waals surface area contributed by atoms with Crippen LogP contribution in [0.2, 0.25) is 5.02 Å². The van der Waals surface area contributed by atoms with E-state index in [1.165, 1.54) is 4.90 Å². The molecule has 21 heavy (non-hydrogen) atoms. The van der Waals surface area contributed by atoms with Crippen LogP contribution in [0.5, 0.6) is 0 Å². The molecule has 1 aromatic rings. The second-order valence-corrected chi connectivity index (χ2v) is 5.35. The van der Waals surface area contributed by atoms with E-state index < -0.39 is 24.9 Å². The van der Waals surface area contributed by atoms with Crippen LogP contribution in [0, 0.1) is 0 Å². The fourth-order valence-corrected chi connectivity index (χ4v) is 2.68. The van der Waals surface area contributed by atoms with Gasteiger partial charge in [-0.1, -0.05) is 29.8 Å². The van der Waals surface area contributed by atoms with Crippen molar-refractivity contribution in [2.75, 3.05) is 19.6 Å². The number of carbonyl (C=O) groups excluding carboxylic acids is 1. The normalized spacial score (nSPS) is 19.6. The van der Waals surface area contributed by atoms with Gasteiger partial charge in [-0.25, -0.2) is 0 Å². The quantitative estimate of drug-likeness (QED) is 0.928. The number of nitrogens with zero attached hydrogens (tertiary/aromatic N) is 1. The van der Waals surface area contributed by atoms with Crippen molar-refractivity contribution in [2.24, 2.45) is 0 Å². The van der Waals surface area contributed by atoms with Crippen molar-refractivity contribution >= 4 is 17.5 Å². The lowest BCUT2D eigenvalue weighted by molar-refractivity contribution is -0.151. The summed E-state index contributed by atoms with van der Waals surface area (Å²) >= 11 is 6.13. The molecule has 1 N–H and O–H groups in total. The molecule has 0 radical (unpaired) electrons. The highest BCUT2D eigenvalue weighted by atomic mass is 35.5. The van der Waals surface area contributed by atoms with E-state index in [2.05, 4.69) is 5.32 Å². The second-order valence-electron chi connectivity index (χ2n) is 4.94. The van der Waals surface area contributed by atoms with Crippen LogP contribution in [0.3, 0.4) is 0 Å². The molecule has 0 aliphatic carbocycles. The first-order chi connectivity index (χ1) is 9.88. The highest BCUT2D eigenvalue weighted by Crippen LogP contribution is 2.30. The Bertz CT molecular complexity index is 507. The zero-order valence-corrected chi connectivity index (χ0v) is 12.0. The van der Waals surface area contributed by atoms with Crippen molar-refractivity contribution in [2.45, 2.75) is 25.1 Å². The number of amides is 1. The Kier molecular flexibility index (Phi) is 5.11. The molecule has 0 aromatic heterocycles. The molecule has 116 valence electrons. The predicted octanol–water partition coefficient (Wildman–Crippen LogP) is 3.16. The van der Waals surface area contributed by atoms with Gasteiger partial charge in [-0.15, -0.1) is 0 Å². The minimum absolute atomic E-state index is 0.326. The SMILES string of the molecule is O=C(CCC(F)(F)F)N1CCNCC1c1ccccc1Cl. The average Bonchev–Trinajstić information content (AvgIpc) is 2.44. The van der Waals surface area contributed by atoms with Crippen LogP contribution in [0.15, 0.2) is 24.3 Å². The third-order valence-electron chi connectivity index (χ3n) is 3.45. The molecule has 3 nitrogen and oxygen atoms in total. The maximum Gasteiger partial charge on any atom is 0.389 e. The van der Waals surface area contributed by atoms with Gasteiger partial charge in [-0.05, 0) is 11.6 Å². The highest BCUT2D eigenvalue weighted by molar-refractivity contribution is 6.31. The first-order valence-electron chi connectivity index (χ1n) is 6.70. The van der Waals surface area contributed by atoms with Gasteiger partial charge in [0.25, 0.3) is 0 Å². The Morgan fingerprint density at radius 2 is 2.10 bits per heavy atom. The van der Waals surface area contributed by atoms with E-state index in [0.29, 0.717) is 24.7 Å². The number of nitrogens with one attached hydrogen (secondary N) is 1. The largest absolute Gasteiger partial charge is 0.389 e. The van der Waals surface area contributed by atoms with Crippen molar-refractivity contribution in [1.82, 2.24) is 10.2 Å². The number of benzene rings is 1. The standard InChI is InChI=1S/C14H16ClF3N2O/c15-11-4-2-1-3-10(11)12-9-19-7-8-20(12)13(21)5-6-14(16,17)18/h1-4,12,19H,5-9H2. The number of alkyl halides is 3. The molecule has 1 atom stereocenters. The molecule has 1 saturated heterocycles. The Labute approximate surface area is 126 Å². The summed E-state index contributed by atoms with van der Waals surface area (Å²) in [6.45, 7) is 1.44. The molecule has 0 saturated carbocycles. The van der Waals surface area contributed by atoms with Gasteiger partial charge in [-0.3, -0.25) is 4.79 Å². The minimum atomic E-state index is -4.32. The fraction of sp³-hybridized carbons (Fsp3) is 0.500. The Morgan fingerprint density at radius 3 is 2.76 bits per heavy atom. The van der Waals surface area contributed by atoms with E-state index in [1.807, 2.05) is 0 Å². The van der Waals surface area contributed by atoms with Gasteiger partial charge in [-0.2, -0.15) is 13.2 Å². The van der Waals surface area contributed by atoms with E-state index >= 15 is 0 Å². The smallest absolute Gasteiger partial charge is 0.333 e. The summed E-state index contributed by atoms with van der Waals surface area (Å²) in [5.41, 5.74) is 0.756. The molecule has 1 heterocycles. The Hall–Kier alpha value is -1.27. The van der Waals surface area contributed by atoms with E-state index in [4.69, 9.17) is 11.6 Å². The molecular weight excluding hydrogens is 305 g/mol. The van der Waals surface area contributed by atoms with Gasteiger partial charge >= 0.3 is 6.18 Å². The Balaban J connectivity index is 2.12. The summed E-state index contributed by atoms with van der Waals surface area (Å²) < 4.78 is 36.8.